The molecule has 0 atom stereocenters. The summed E-state index contributed by atoms with van der Waals surface area (Å²) in [6, 6.07) is 5.42. The molecule has 0 radical (unpaired) electrons. The molecule has 0 fully saturated rings. The predicted molar refractivity (Wildman–Crippen MR) is 82.2 cm³/mol. The second-order valence-corrected chi connectivity index (χ2v) is 5.54. The Morgan fingerprint density at radius 1 is 1.21 bits per heavy atom. The van der Waals surface area contributed by atoms with E-state index in [1.807, 2.05) is 12.1 Å². The van der Waals surface area contributed by atoms with Crippen LogP contribution in [0.15, 0.2) is 22.7 Å². The molecule has 2 rings (SSSR count). The second kappa shape index (κ2) is 6.33. The highest BCUT2D eigenvalue weighted by atomic mass is 79.9. The molecule has 102 valence electrons. The third-order valence-corrected chi connectivity index (χ3v) is 3.41. The highest BCUT2D eigenvalue weighted by molar-refractivity contribution is 9.10. The lowest BCUT2D eigenvalue weighted by molar-refractivity contribution is 0.635. The molecule has 0 unspecified atom stereocenters. The predicted octanol–water partition coefficient (Wildman–Crippen LogP) is 4.91. The molecule has 0 saturated carbocycles. The van der Waals surface area contributed by atoms with Gasteiger partial charge >= 0.3 is 0 Å². The van der Waals surface area contributed by atoms with Gasteiger partial charge in [0.1, 0.15) is 5.52 Å². The number of halogens is 2. The van der Waals surface area contributed by atoms with E-state index in [-0.39, 0.29) is 5.82 Å². The first kappa shape index (κ1) is 14.3. The Morgan fingerprint density at radius 2 is 2.00 bits per heavy atom. The van der Waals surface area contributed by atoms with Crippen molar-refractivity contribution < 1.29 is 4.39 Å². The van der Waals surface area contributed by atoms with Gasteiger partial charge < -0.3 is 5.32 Å². The SMILES string of the molecule is CCCNc1cc(CCC)nc2c(F)cc(Br)cc12. The van der Waals surface area contributed by atoms with E-state index in [1.165, 1.54) is 6.07 Å². The highest BCUT2D eigenvalue weighted by Gasteiger charge is 2.10. The fourth-order valence-corrected chi connectivity index (χ4v) is 2.53. The summed E-state index contributed by atoms with van der Waals surface area (Å²) in [6.45, 7) is 5.08. The minimum atomic E-state index is -0.276. The second-order valence-electron chi connectivity index (χ2n) is 4.62. The number of nitrogens with one attached hydrogen (secondary N) is 1. The molecule has 2 nitrogen and oxygen atoms in total. The molecule has 0 spiro atoms. The van der Waals surface area contributed by atoms with Crippen molar-refractivity contribution in [1.29, 1.82) is 0 Å². The van der Waals surface area contributed by atoms with E-state index in [9.17, 15) is 4.39 Å². The number of hydrogen-bond acceptors (Lipinski definition) is 2. The van der Waals surface area contributed by atoms with Crippen LogP contribution >= 0.6 is 15.9 Å². The molecule has 0 saturated heterocycles. The van der Waals surface area contributed by atoms with Crippen molar-refractivity contribution in [2.24, 2.45) is 0 Å². The van der Waals surface area contributed by atoms with E-state index in [1.54, 1.807) is 0 Å². The standard InChI is InChI=1S/C15H18BrFN2/c1-3-5-11-9-14(18-6-4-2)12-7-10(16)8-13(17)15(12)19-11/h7-9H,3-6H2,1-2H3,(H,18,19). The Balaban J connectivity index is 2.60. The molecule has 1 N–H and O–H groups in total. The molecule has 1 heterocycles. The van der Waals surface area contributed by atoms with Crippen LogP contribution in [0.5, 0.6) is 0 Å². The third kappa shape index (κ3) is 3.24. The largest absolute Gasteiger partial charge is 0.384 e. The van der Waals surface area contributed by atoms with Gasteiger partial charge in [-0.15, -0.1) is 0 Å². The summed E-state index contributed by atoms with van der Waals surface area (Å²) in [6.07, 6.45) is 2.90. The Labute approximate surface area is 121 Å². The highest BCUT2D eigenvalue weighted by Crippen LogP contribution is 2.29. The molecule has 4 heteroatoms. The van der Waals surface area contributed by atoms with Crippen LogP contribution in [-0.2, 0) is 6.42 Å². The molecule has 1 aromatic heterocycles. The van der Waals surface area contributed by atoms with Gasteiger partial charge in [0.05, 0.1) is 0 Å². The summed E-state index contributed by atoms with van der Waals surface area (Å²) < 4.78 is 14.8. The van der Waals surface area contributed by atoms with Gasteiger partial charge in [0, 0.05) is 27.8 Å². The van der Waals surface area contributed by atoms with E-state index in [0.29, 0.717) is 5.52 Å². The first-order valence-electron chi connectivity index (χ1n) is 6.68. The Kier molecular flexibility index (Phi) is 4.75. The number of hydrogen-bond donors (Lipinski definition) is 1. The minimum Gasteiger partial charge on any atom is -0.384 e. The Bertz CT molecular complexity index is 584. The third-order valence-electron chi connectivity index (χ3n) is 2.96. The van der Waals surface area contributed by atoms with Crippen molar-refractivity contribution >= 4 is 32.5 Å². The summed E-state index contributed by atoms with van der Waals surface area (Å²) in [4.78, 5) is 4.44. The zero-order chi connectivity index (χ0) is 13.8. The van der Waals surface area contributed by atoms with E-state index in [0.717, 1.165) is 47.0 Å². The lowest BCUT2D eigenvalue weighted by Gasteiger charge is -2.12. The first-order valence-corrected chi connectivity index (χ1v) is 7.47. The van der Waals surface area contributed by atoms with Crippen LogP contribution in [0.1, 0.15) is 32.4 Å². The molecule has 19 heavy (non-hydrogen) atoms. The number of aromatic nitrogens is 1. The van der Waals surface area contributed by atoms with Crippen LogP contribution in [0.25, 0.3) is 10.9 Å². The van der Waals surface area contributed by atoms with Crippen LogP contribution in [0, 0.1) is 5.82 Å². The molecule has 1 aromatic carbocycles. The number of pyridine rings is 1. The van der Waals surface area contributed by atoms with Gasteiger partial charge in [-0.25, -0.2) is 9.37 Å². The topological polar surface area (TPSA) is 24.9 Å². The fraction of sp³-hybridized carbons (Fsp3) is 0.400. The quantitative estimate of drug-likeness (QED) is 0.845. The van der Waals surface area contributed by atoms with Crippen molar-refractivity contribution in [1.82, 2.24) is 4.98 Å². The van der Waals surface area contributed by atoms with Crippen molar-refractivity contribution in [2.45, 2.75) is 33.1 Å². The van der Waals surface area contributed by atoms with Gasteiger partial charge in [0.2, 0.25) is 0 Å². The van der Waals surface area contributed by atoms with Crippen LogP contribution in [0.4, 0.5) is 10.1 Å². The zero-order valence-corrected chi connectivity index (χ0v) is 12.8. The van der Waals surface area contributed by atoms with Crippen molar-refractivity contribution in [3.05, 3.63) is 34.2 Å². The monoisotopic (exact) mass is 324 g/mol. The van der Waals surface area contributed by atoms with Gasteiger partial charge in [-0.3, -0.25) is 0 Å². The zero-order valence-electron chi connectivity index (χ0n) is 11.3. The Morgan fingerprint density at radius 3 is 2.68 bits per heavy atom. The maximum atomic E-state index is 14.0. The fourth-order valence-electron chi connectivity index (χ4n) is 2.10. The molecular formula is C15H18BrFN2. The van der Waals surface area contributed by atoms with Gasteiger partial charge in [-0.05, 0) is 31.0 Å². The maximum absolute atomic E-state index is 14.0. The smallest absolute Gasteiger partial charge is 0.150 e. The number of fused-ring (bicyclic) bond motifs is 1. The normalized spacial score (nSPS) is 10.9. The molecule has 0 amide bonds. The van der Waals surface area contributed by atoms with Crippen molar-refractivity contribution in [3.63, 3.8) is 0 Å². The number of anilines is 1. The summed E-state index contributed by atoms with van der Waals surface area (Å²) >= 11 is 3.34. The summed E-state index contributed by atoms with van der Waals surface area (Å²) in [5.41, 5.74) is 2.36. The Hall–Kier alpha value is -1.16. The van der Waals surface area contributed by atoms with Gasteiger partial charge in [0.25, 0.3) is 0 Å². The lowest BCUT2D eigenvalue weighted by Crippen LogP contribution is -2.03. The van der Waals surface area contributed by atoms with Crippen molar-refractivity contribution in [2.75, 3.05) is 11.9 Å². The summed E-state index contributed by atoms with van der Waals surface area (Å²) in [7, 11) is 0. The number of benzene rings is 1. The lowest BCUT2D eigenvalue weighted by atomic mass is 10.1. The van der Waals surface area contributed by atoms with Crippen molar-refractivity contribution in [3.8, 4) is 0 Å². The number of rotatable bonds is 5. The van der Waals surface area contributed by atoms with E-state index in [2.05, 4.69) is 40.1 Å². The molecule has 0 aliphatic rings. The summed E-state index contributed by atoms with van der Waals surface area (Å²) in [5, 5.41) is 4.20. The summed E-state index contributed by atoms with van der Waals surface area (Å²) in [5.74, 6) is -0.276. The molecule has 0 aliphatic carbocycles. The van der Waals surface area contributed by atoms with Gasteiger partial charge in [-0.1, -0.05) is 36.2 Å². The maximum Gasteiger partial charge on any atom is 0.150 e. The molecule has 0 aliphatic heterocycles. The van der Waals surface area contributed by atoms with Gasteiger partial charge in [0.15, 0.2) is 5.82 Å². The van der Waals surface area contributed by atoms with Crippen LogP contribution in [-0.4, -0.2) is 11.5 Å². The van der Waals surface area contributed by atoms with Crippen LogP contribution < -0.4 is 5.32 Å². The molecule has 0 bridgehead atoms. The molecular weight excluding hydrogens is 307 g/mol. The molecule has 2 aromatic rings. The average Bonchev–Trinajstić information content (AvgIpc) is 2.37. The number of aryl methyl sites for hydroxylation is 1. The minimum absolute atomic E-state index is 0.276. The van der Waals surface area contributed by atoms with Gasteiger partial charge in [-0.2, -0.15) is 0 Å². The van der Waals surface area contributed by atoms with E-state index < -0.39 is 0 Å². The van der Waals surface area contributed by atoms with E-state index in [4.69, 9.17) is 0 Å². The van der Waals surface area contributed by atoms with Crippen LogP contribution in [0.3, 0.4) is 0 Å². The first-order chi connectivity index (χ1) is 9.15. The van der Waals surface area contributed by atoms with Crippen LogP contribution in [0.2, 0.25) is 0 Å². The average molecular weight is 325 g/mol. The number of nitrogens with zero attached hydrogens (tertiary/aromatic N) is 1. The van der Waals surface area contributed by atoms with E-state index >= 15 is 0 Å².